The van der Waals surface area contributed by atoms with Crippen LogP contribution in [0.1, 0.15) is 58.8 Å². The second-order valence-corrected chi connectivity index (χ2v) is 9.56. The van der Waals surface area contributed by atoms with Crippen LogP contribution in [0.4, 0.5) is 0 Å². The predicted octanol–water partition coefficient (Wildman–Crippen LogP) is 2.62. The lowest BCUT2D eigenvalue weighted by atomic mass is 9.55. The van der Waals surface area contributed by atoms with Gasteiger partial charge in [0.25, 0.3) is 0 Å². The number of nitrogens with one attached hydrogen (secondary N) is 1. The van der Waals surface area contributed by atoms with Gasteiger partial charge < -0.3 is 9.64 Å². The van der Waals surface area contributed by atoms with Crippen LogP contribution in [0.15, 0.2) is 12.2 Å². The Kier molecular flexibility index (Phi) is 4.27. The summed E-state index contributed by atoms with van der Waals surface area (Å²) in [7, 11) is 0. The van der Waals surface area contributed by atoms with Crippen molar-refractivity contribution in [3.63, 3.8) is 0 Å². The third-order valence-corrected chi connectivity index (χ3v) is 7.69. The number of carbonyl (C=O) groups excluding carboxylic acids is 1. The number of esters is 1. The third kappa shape index (κ3) is 2.83. The fraction of sp³-hybridized carbons (Fsp3) is 0.857. The molecular formula is C21H34NO2+. The van der Waals surface area contributed by atoms with Crippen LogP contribution in [0.5, 0.6) is 0 Å². The fourth-order valence-electron chi connectivity index (χ4n) is 6.38. The molecule has 2 aliphatic carbocycles. The number of piperidine rings is 1. The van der Waals surface area contributed by atoms with E-state index in [0.29, 0.717) is 17.3 Å². The number of hydrogen-bond donors (Lipinski definition) is 1. The van der Waals surface area contributed by atoms with Crippen molar-refractivity contribution in [3.05, 3.63) is 12.2 Å². The highest BCUT2D eigenvalue weighted by molar-refractivity contribution is 5.75. The van der Waals surface area contributed by atoms with Crippen molar-refractivity contribution in [2.24, 2.45) is 29.1 Å². The molecule has 2 aliphatic heterocycles. The Balaban J connectivity index is 1.49. The molecule has 4 aliphatic rings. The number of quaternary nitrogens is 1. The van der Waals surface area contributed by atoms with Crippen LogP contribution >= 0.6 is 0 Å². The molecule has 24 heavy (non-hydrogen) atoms. The molecule has 1 unspecified atom stereocenters. The molecule has 4 fully saturated rings. The molecule has 0 bridgehead atoms. The molecule has 2 saturated carbocycles. The summed E-state index contributed by atoms with van der Waals surface area (Å²) in [5.74, 6) is 2.09. The number of likely N-dealkylation sites (tertiary alicyclic amines) is 1. The zero-order valence-electron chi connectivity index (χ0n) is 15.5. The smallest absolute Gasteiger partial charge is 0.315 e. The molecule has 3 nitrogen and oxygen atoms in total. The number of fused-ring (bicyclic) bond motifs is 2. The Hall–Kier alpha value is -0.830. The fourth-order valence-corrected chi connectivity index (χ4v) is 6.38. The Labute approximate surface area is 146 Å². The van der Waals surface area contributed by atoms with Gasteiger partial charge in [-0.3, -0.25) is 4.79 Å². The first-order chi connectivity index (χ1) is 11.5. The van der Waals surface area contributed by atoms with E-state index in [1.54, 1.807) is 4.90 Å². The van der Waals surface area contributed by atoms with Crippen molar-refractivity contribution >= 4 is 5.97 Å². The molecule has 0 aromatic carbocycles. The van der Waals surface area contributed by atoms with Crippen molar-refractivity contribution in [2.45, 2.75) is 64.9 Å². The Morgan fingerprint density at radius 2 is 2.21 bits per heavy atom. The largest absolute Gasteiger partial charge is 0.462 e. The van der Waals surface area contributed by atoms with Gasteiger partial charge in [-0.25, -0.2) is 0 Å². The molecular weight excluding hydrogens is 298 g/mol. The summed E-state index contributed by atoms with van der Waals surface area (Å²) in [6, 6.07) is 0. The van der Waals surface area contributed by atoms with E-state index >= 15 is 0 Å². The molecule has 0 radical (unpaired) electrons. The summed E-state index contributed by atoms with van der Waals surface area (Å²) in [5.41, 5.74) is 1.76. The molecule has 4 rings (SSSR count). The van der Waals surface area contributed by atoms with E-state index in [2.05, 4.69) is 20.4 Å². The van der Waals surface area contributed by atoms with Crippen molar-refractivity contribution in [2.75, 3.05) is 19.6 Å². The van der Waals surface area contributed by atoms with Crippen LogP contribution in [0, 0.1) is 29.1 Å². The van der Waals surface area contributed by atoms with Gasteiger partial charge in [0.1, 0.15) is 12.0 Å². The zero-order chi connectivity index (χ0) is 16.9. The first-order valence-electron chi connectivity index (χ1n) is 10.2. The number of carbonyl (C=O) groups is 1. The minimum absolute atomic E-state index is 0.101. The predicted molar refractivity (Wildman–Crippen MR) is 94.6 cm³/mol. The molecule has 1 N–H and O–H groups in total. The minimum Gasteiger partial charge on any atom is -0.462 e. The van der Waals surface area contributed by atoms with E-state index in [4.69, 9.17) is 4.74 Å². The highest BCUT2D eigenvalue weighted by Crippen LogP contribution is 2.56. The maximum atomic E-state index is 12.6. The number of rotatable bonds is 2. The summed E-state index contributed by atoms with van der Waals surface area (Å²) in [5, 5.41) is 0. The number of ether oxygens (including phenoxy) is 1. The maximum Gasteiger partial charge on any atom is 0.315 e. The van der Waals surface area contributed by atoms with Crippen molar-refractivity contribution in [1.29, 1.82) is 0 Å². The highest BCUT2D eigenvalue weighted by atomic mass is 16.6. The lowest BCUT2D eigenvalue weighted by molar-refractivity contribution is -0.911. The highest BCUT2D eigenvalue weighted by Gasteiger charge is 2.56. The summed E-state index contributed by atoms with van der Waals surface area (Å²) >= 11 is 0. The second-order valence-electron chi connectivity index (χ2n) is 9.56. The van der Waals surface area contributed by atoms with E-state index in [9.17, 15) is 4.79 Å². The summed E-state index contributed by atoms with van der Waals surface area (Å²) in [6.45, 7) is 12.6. The van der Waals surface area contributed by atoms with Crippen LogP contribution in [-0.4, -0.2) is 31.7 Å². The average Bonchev–Trinajstić information content (AvgIpc) is 2.80. The molecule has 0 amide bonds. The minimum atomic E-state index is 0.101. The molecule has 0 aromatic rings. The molecule has 134 valence electrons. The lowest BCUT2D eigenvalue weighted by Gasteiger charge is -2.50. The zero-order valence-corrected chi connectivity index (χ0v) is 15.5. The molecule has 0 aromatic heterocycles. The molecule has 0 spiro atoms. The van der Waals surface area contributed by atoms with Gasteiger partial charge in [-0.05, 0) is 56.3 Å². The van der Waals surface area contributed by atoms with E-state index < -0.39 is 0 Å². The van der Waals surface area contributed by atoms with E-state index in [1.807, 2.05) is 0 Å². The normalized spacial score (nSPS) is 48.6. The Morgan fingerprint density at radius 3 is 3.00 bits per heavy atom. The maximum absolute atomic E-state index is 12.6. The van der Waals surface area contributed by atoms with Crippen molar-refractivity contribution in [3.8, 4) is 0 Å². The van der Waals surface area contributed by atoms with Gasteiger partial charge in [-0.15, -0.1) is 0 Å². The van der Waals surface area contributed by atoms with Gasteiger partial charge in [0.2, 0.25) is 0 Å². The molecule has 2 heterocycles. The summed E-state index contributed by atoms with van der Waals surface area (Å²) in [4.78, 5) is 14.3. The van der Waals surface area contributed by atoms with Crippen LogP contribution in [0.3, 0.4) is 0 Å². The van der Waals surface area contributed by atoms with Crippen LogP contribution < -0.4 is 4.90 Å². The van der Waals surface area contributed by atoms with E-state index in [0.717, 1.165) is 25.3 Å². The molecule has 2 saturated heterocycles. The first-order valence-corrected chi connectivity index (χ1v) is 10.2. The Morgan fingerprint density at radius 1 is 1.38 bits per heavy atom. The van der Waals surface area contributed by atoms with Gasteiger partial charge in [0.15, 0.2) is 0 Å². The van der Waals surface area contributed by atoms with Gasteiger partial charge in [-0.1, -0.05) is 26.0 Å². The van der Waals surface area contributed by atoms with E-state index in [-0.39, 0.29) is 18.0 Å². The van der Waals surface area contributed by atoms with Crippen LogP contribution in [0.25, 0.3) is 0 Å². The van der Waals surface area contributed by atoms with Crippen LogP contribution in [0.2, 0.25) is 0 Å². The summed E-state index contributed by atoms with van der Waals surface area (Å²) < 4.78 is 5.91. The average molecular weight is 333 g/mol. The van der Waals surface area contributed by atoms with Crippen molar-refractivity contribution < 1.29 is 14.4 Å². The van der Waals surface area contributed by atoms with Gasteiger partial charge >= 0.3 is 5.97 Å². The summed E-state index contributed by atoms with van der Waals surface area (Å²) in [6.07, 6.45) is 8.76. The van der Waals surface area contributed by atoms with E-state index in [1.165, 1.54) is 50.8 Å². The van der Waals surface area contributed by atoms with Crippen molar-refractivity contribution in [1.82, 2.24) is 0 Å². The third-order valence-electron chi connectivity index (χ3n) is 7.69. The second kappa shape index (κ2) is 6.16. The number of allylic oxidation sites excluding steroid dienone is 1. The first kappa shape index (κ1) is 16.6. The monoisotopic (exact) mass is 332 g/mol. The van der Waals surface area contributed by atoms with Gasteiger partial charge in [-0.2, -0.15) is 0 Å². The Bertz CT molecular complexity index is 530. The lowest BCUT2D eigenvalue weighted by Crippen LogP contribution is -3.14. The van der Waals surface area contributed by atoms with Crippen LogP contribution in [-0.2, 0) is 9.53 Å². The standard InChI is InChI=1S/C21H33NO2/c1-14-6-5-9-22(12-14)13-17-16-10-18-15(2)7-4-8-21(18,3)11-19(16)24-20(17)23/h14,16-19H,2,4-13H2,1,3H3/p+1/t14-,16+,17+,18-,19+,21+/m0/s1. The molecule has 3 heteroatoms. The quantitative estimate of drug-likeness (QED) is 0.622. The van der Waals surface area contributed by atoms with Gasteiger partial charge in [0.05, 0.1) is 19.6 Å². The topological polar surface area (TPSA) is 30.7 Å². The molecule has 7 atom stereocenters. The van der Waals surface area contributed by atoms with Gasteiger partial charge in [0, 0.05) is 11.8 Å². The SMILES string of the molecule is C=C1CCC[C@]2(C)C[C@H]3OC(=O)[C@H](C[NH+]4CCC[C@H](C)C4)[C@H]3C[C@@H]12. The number of hydrogen-bond acceptors (Lipinski definition) is 2.